The Morgan fingerprint density at radius 3 is 3.06 bits per heavy atom. The molecule has 0 aliphatic rings. The van der Waals surface area contributed by atoms with Gasteiger partial charge in [0.05, 0.1) is 6.54 Å². The second kappa shape index (κ2) is 5.46. The topological polar surface area (TPSA) is 93.2 Å². The fourth-order valence-corrected chi connectivity index (χ4v) is 1.57. The molecule has 7 heteroatoms. The molecule has 0 aliphatic carbocycles. The van der Waals surface area contributed by atoms with Crippen molar-refractivity contribution in [1.82, 2.24) is 20.3 Å². The fourth-order valence-electron chi connectivity index (χ4n) is 1.57. The van der Waals surface area contributed by atoms with Crippen LogP contribution in [0.4, 0.5) is 0 Å². The van der Waals surface area contributed by atoms with Gasteiger partial charge in [-0.1, -0.05) is 5.16 Å². The molecule has 0 radical (unpaired) electrons. The lowest BCUT2D eigenvalue weighted by atomic mass is 10.3. The number of aromatic nitrogens is 3. The third kappa shape index (κ3) is 2.95. The van der Waals surface area contributed by atoms with Gasteiger partial charge in [-0.3, -0.25) is 4.68 Å². The minimum atomic E-state index is -1.08. The molecular formula is C11H14N4O3. The molecule has 96 valence electrons. The molecule has 2 N–H and O–H groups in total. The molecule has 0 bridgehead atoms. The number of carboxylic acid groups (broad SMARTS) is 1. The number of aryl methyl sites for hydroxylation is 1. The smallest absolute Gasteiger partial charge is 0.358 e. The van der Waals surface area contributed by atoms with Gasteiger partial charge < -0.3 is 14.9 Å². The number of carboxylic acids is 1. The van der Waals surface area contributed by atoms with Gasteiger partial charge in [0, 0.05) is 38.0 Å². The van der Waals surface area contributed by atoms with Crippen molar-refractivity contribution in [1.29, 1.82) is 0 Å². The number of hydrogen-bond donors (Lipinski definition) is 2. The first-order valence-electron chi connectivity index (χ1n) is 5.53. The van der Waals surface area contributed by atoms with E-state index < -0.39 is 5.97 Å². The van der Waals surface area contributed by atoms with Crippen LogP contribution >= 0.6 is 0 Å². The zero-order chi connectivity index (χ0) is 13.0. The zero-order valence-corrected chi connectivity index (χ0v) is 9.96. The summed E-state index contributed by atoms with van der Waals surface area (Å²) in [5, 5.41) is 19.3. The lowest BCUT2D eigenvalue weighted by Crippen LogP contribution is -2.17. The SMILES string of the molecule is Cn1nccc1CCNCc1cc(C(=O)O)no1. The summed E-state index contributed by atoms with van der Waals surface area (Å²) < 4.78 is 6.69. The molecule has 2 aromatic rings. The molecule has 0 spiro atoms. The van der Waals surface area contributed by atoms with E-state index in [1.807, 2.05) is 17.8 Å². The number of carbonyl (C=O) groups is 1. The predicted octanol–water partition coefficient (Wildman–Crippen LogP) is 0.439. The normalized spacial score (nSPS) is 10.7. The average Bonchev–Trinajstić information content (AvgIpc) is 2.94. The maximum absolute atomic E-state index is 10.6. The summed E-state index contributed by atoms with van der Waals surface area (Å²) in [4.78, 5) is 10.6. The summed E-state index contributed by atoms with van der Waals surface area (Å²) in [5.74, 6) is -0.572. The Bertz CT molecular complexity index is 532. The van der Waals surface area contributed by atoms with Crippen LogP contribution in [0.2, 0.25) is 0 Å². The van der Waals surface area contributed by atoms with E-state index >= 15 is 0 Å². The summed E-state index contributed by atoms with van der Waals surface area (Å²) in [7, 11) is 1.89. The van der Waals surface area contributed by atoms with Crippen molar-refractivity contribution in [3.8, 4) is 0 Å². The van der Waals surface area contributed by atoms with Crippen LogP contribution < -0.4 is 5.32 Å². The average molecular weight is 250 g/mol. The summed E-state index contributed by atoms with van der Waals surface area (Å²) in [6, 6.07) is 3.37. The van der Waals surface area contributed by atoms with Gasteiger partial charge in [0.1, 0.15) is 0 Å². The molecule has 0 saturated heterocycles. The number of hydrogen-bond acceptors (Lipinski definition) is 5. The number of aromatic carboxylic acids is 1. The van der Waals surface area contributed by atoms with Gasteiger partial charge >= 0.3 is 5.97 Å². The van der Waals surface area contributed by atoms with Gasteiger partial charge in [-0.2, -0.15) is 5.10 Å². The highest BCUT2D eigenvalue weighted by molar-refractivity contribution is 5.85. The van der Waals surface area contributed by atoms with Crippen molar-refractivity contribution in [2.45, 2.75) is 13.0 Å². The van der Waals surface area contributed by atoms with Crippen LogP contribution in [0.1, 0.15) is 21.9 Å². The first-order chi connectivity index (χ1) is 8.66. The van der Waals surface area contributed by atoms with Gasteiger partial charge in [0.25, 0.3) is 0 Å². The molecule has 0 saturated carbocycles. The second-order valence-electron chi connectivity index (χ2n) is 3.86. The van der Waals surface area contributed by atoms with E-state index in [1.165, 1.54) is 6.07 Å². The molecule has 0 aromatic carbocycles. The van der Waals surface area contributed by atoms with Crippen LogP contribution in [0.15, 0.2) is 22.9 Å². The molecule has 0 aliphatic heterocycles. The monoisotopic (exact) mass is 250 g/mol. The highest BCUT2D eigenvalue weighted by Crippen LogP contribution is 2.03. The first-order valence-corrected chi connectivity index (χ1v) is 5.53. The van der Waals surface area contributed by atoms with Crippen molar-refractivity contribution in [3.05, 3.63) is 35.5 Å². The van der Waals surface area contributed by atoms with E-state index in [0.29, 0.717) is 12.3 Å². The van der Waals surface area contributed by atoms with E-state index in [1.54, 1.807) is 6.20 Å². The van der Waals surface area contributed by atoms with Crippen LogP contribution in [-0.4, -0.2) is 32.6 Å². The molecule has 0 unspecified atom stereocenters. The van der Waals surface area contributed by atoms with Gasteiger partial charge in [-0.15, -0.1) is 0 Å². The van der Waals surface area contributed by atoms with E-state index in [-0.39, 0.29) is 5.69 Å². The Balaban J connectivity index is 1.75. The standard InChI is InChI=1S/C11H14N4O3/c1-15-8(3-5-13-15)2-4-12-7-9-6-10(11(16)17)14-18-9/h3,5-6,12H,2,4,7H2,1H3,(H,16,17). The van der Waals surface area contributed by atoms with Crippen LogP contribution in [-0.2, 0) is 20.0 Å². The maximum atomic E-state index is 10.6. The zero-order valence-electron chi connectivity index (χ0n) is 9.96. The van der Waals surface area contributed by atoms with Crippen molar-refractivity contribution in [2.24, 2.45) is 7.05 Å². The molecule has 7 nitrogen and oxygen atoms in total. The molecule has 18 heavy (non-hydrogen) atoms. The quantitative estimate of drug-likeness (QED) is 0.722. The highest BCUT2D eigenvalue weighted by Gasteiger charge is 2.09. The Morgan fingerprint density at radius 2 is 2.44 bits per heavy atom. The molecule has 2 heterocycles. The van der Waals surface area contributed by atoms with Crippen LogP contribution in [0.25, 0.3) is 0 Å². The number of rotatable bonds is 6. The van der Waals surface area contributed by atoms with Crippen molar-refractivity contribution >= 4 is 5.97 Å². The largest absolute Gasteiger partial charge is 0.476 e. The van der Waals surface area contributed by atoms with Crippen molar-refractivity contribution in [2.75, 3.05) is 6.54 Å². The van der Waals surface area contributed by atoms with Gasteiger partial charge in [0.2, 0.25) is 0 Å². The highest BCUT2D eigenvalue weighted by atomic mass is 16.5. The minimum absolute atomic E-state index is 0.0709. The minimum Gasteiger partial charge on any atom is -0.476 e. The second-order valence-corrected chi connectivity index (χ2v) is 3.86. The summed E-state index contributed by atoms with van der Waals surface area (Å²) in [6.07, 6.45) is 2.60. The molecular weight excluding hydrogens is 236 g/mol. The maximum Gasteiger partial charge on any atom is 0.358 e. The van der Waals surface area contributed by atoms with Crippen LogP contribution in [0, 0.1) is 0 Å². The van der Waals surface area contributed by atoms with Gasteiger partial charge in [-0.25, -0.2) is 4.79 Å². The van der Waals surface area contributed by atoms with E-state index in [2.05, 4.69) is 15.6 Å². The predicted molar refractivity (Wildman–Crippen MR) is 62.1 cm³/mol. The molecule has 2 rings (SSSR count). The van der Waals surface area contributed by atoms with Crippen LogP contribution in [0.3, 0.4) is 0 Å². The fraction of sp³-hybridized carbons (Fsp3) is 0.364. The summed E-state index contributed by atoms with van der Waals surface area (Å²) in [5.41, 5.74) is 1.06. The Labute approximate surface area is 103 Å². The third-order valence-corrected chi connectivity index (χ3v) is 2.56. The Hall–Kier alpha value is -2.15. The molecule has 0 amide bonds. The number of nitrogens with one attached hydrogen (secondary N) is 1. The van der Waals surface area contributed by atoms with Crippen LogP contribution in [0.5, 0.6) is 0 Å². The van der Waals surface area contributed by atoms with E-state index in [0.717, 1.165) is 18.7 Å². The van der Waals surface area contributed by atoms with Gasteiger partial charge in [0.15, 0.2) is 11.5 Å². The third-order valence-electron chi connectivity index (χ3n) is 2.56. The Morgan fingerprint density at radius 1 is 1.61 bits per heavy atom. The van der Waals surface area contributed by atoms with Crippen molar-refractivity contribution in [3.63, 3.8) is 0 Å². The van der Waals surface area contributed by atoms with Gasteiger partial charge in [-0.05, 0) is 6.07 Å². The summed E-state index contributed by atoms with van der Waals surface area (Å²) in [6.45, 7) is 1.21. The molecule has 0 atom stereocenters. The summed E-state index contributed by atoms with van der Waals surface area (Å²) >= 11 is 0. The van der Waals surface area contributed by atoms with Crippen molar-refractivity contribution < 1.29 is 14.4 Å². The van der Waals surface area contributed by atoms with E-state index in [4.69, 9.17) is 9.63 Å². The first kappa shape index (κ1) is 12.3. The lowest BCUT2D eigenvalue weighted by Gasteiger charge is -2.02. The molecule has 0 fully saturated rings. The van der Waals surface area contributed by atoms with E-state index in [9.17, 15) is 4.79 Å². The lowest BCUT2D eigenvalue weighted by molar-refractivity contribution is 0.0685. The molecule has 2 aromatic heterocycles. The Kier molecular flexibility index (Phi) is 3.73. The number of nitrogens with zero attached hydrogens (tertiary/aromatic N) is 3.